The summed E-state index contributed by atoms with van der Waals surface area (Å²) in [7, 11) is 0. The molecule has 1 rings (SSSR count). The van der Waals surface area contributed by atoms with Crippen molar-refractivity contribution in [3.63, 3.8) is 0 Å². The topological polar surface area (TPSA) is 20.2 Å². The van der Waals surface area contributed by atoms with Crippen LogP contribution in [0.1, 0.15) is 52.7 Å². The van der Waals surface area contributed by atoms with Crippen molar-refractivity contribution in [1.29, 1.82) is 0 Å². The van der Waals surface area contributed by atoms with Crippen LogP contribution in [0.5, 0.6) is 5.75 Å². The van der Waals surface area contributed by atoms with Crippen molar-refractivity contribution in [3.8, 4) is 5.75 Å². The molecule has 0 saturated carbocycles. The zero-order valence-corrected chi connectivity index (χ0v) is 14.8. The monoisotopic (exact) mass is 260 g/mol. The van der Waals surface area contributed by atoms with E-state index < -0.39 is 0 Å². The fourth-order valence-electron chi connectivity index (χ4n) is 1.75. The minimum atomic E-state index is -0.0844. The first-order valence-electron chi connectivity index (χ1n) is 5.58. The van der Waals surface area contributed by atoms with Crippen LogP contribution in [0.25, 0.3) is 0 Å². The third-order valence-electron chi connectivity index (χ3n) is 2.70. The second-order valence-electron chi connectivity index (χ2n) is 6.37. The summed E-state index contributed by atoms with van der Waals surface area (Å²) in [5.41, 5.74) is 1.70. The molecule has 0 saturated heterocycles. The third-order valence-corrected chi connectivity index (χ3v) is 2.94. The van der Waals surface area contributed by atoms with Gasteiger partial charge in [0.25, 0.3) is 0 Å². The van der Waals surface area contributed by atoms with Crippen molar-refractivity contribution in [2.45, 2.75) is 57.3 Å². The largest absolute Gasteiger partial charge is 1.00 e. The standard InChI is InChI=1S/C14H22OS.Na/c1-13(2,3)10-7-9(16)8-11(12(10)15)14(4,5)6;/h7-8,15-16H,1-6H3;/q;+1/p-1. The molecule has 0 aliphatic rings. The number of hydrogen-bond donors (Lipinski definition) is 1. The molecule has 0 radical (unpaired) electrons. The van der Waals surface area contributed by atoms with E-state index >= 15 is 0 Å². The average molecular weight is 260 g/mol. The van der Waals surface area contributed by atoms with Gasteiger partial charge in [0, 0.05) is 0 Å². The maximum Gasteiger partial charge on any atom is 1.00 e. The van der Waals surface area contributed by atoms with E-state index in [0.29, 0.717) is 5.75 Å². The summed E-state index contributed by atoms with van der Waals surface area (Å²) in [6, 6.07) is 3.81. The summed E-state index contributed by atoms with van der Waals surface area (Å²) in [5.74, 6) is 0.397. The summed E-state index contributed by atoms with van der Waals surface area (Å²) in [5, 5.41) is 10.3. The SMILES string of the molecule is CC(C)(C)c1cc([S-])cc(C(C)(C)C)c1O.[Na+]. The van der Waals surface area contributed by atoms with Gasteiger partial charge in [-0.2, -0.15) is 4.90 Å². The van der Waals surface area contributed by atoms with Crippen LogP contribution in [-0.2, 0) is 23.5 Å². The van der Waals surface area contributed by atoms with Crippen LogP contribution in [0.15, 0.2) is 17.0 Å². The number of hydrogen-bond acceptors (Lipinski definition) is 2. The molecule has 0 spiro atoms. The molecule has 1 nitrogen and oxygen atoms in total. The van der Waals surface area contributed by atoms with Crippen molar-refractivity contribution in [1.82, 2.24) is 0 Å². The van der Waals surface area contributed by atoms with Gasteiger partial charge < -0.3 is 17.7 Å². The van der Waals surface area contributed by atoms with Gasteiger partial charge in [0.1, 0.15) is 5.75 Å². The molecule has 0 aromatic heterocycles. The molecular formula is C14H21NaOS. The van der Waals surface area contributed by atoms with Crippen LogP contribution in [0.4, 0.5) is 0 Å². The number of phenols is 1. The fraction of sp³-hybridized carbons (Fsp3) is 0.571. The van der Waals surface area contributed by atoms with Crippen LogP contribution in [0.2, 0.25) is 0 Å². The van der Waals surface area contributed by atoms with Crippen LogP contribution in [0, 0.1) is 0 Å². The van der Waals surface area contributed by atoms with Crippen molar-refractivity contribution in [3.05, 3.63) is 23.3 Å². The molecule has 17 heavy (non-hydrogen) atoms. The molecule has 0 fully saturated rings. The smallest absolute Gasteiger partial charge is 0.780 e. The fourth-order valence-corrected chi connectivity index (χ4v) is 1.99. The molecule has 1 aromatic carbocycles. The third kappa shape index (κ3) is 4.13. The molecule has 90 valence electrons. The number of rotatable bonds is 0. The molecule has 0 atom stereocenters. The first kappa shape index (κ1) is 17.2. The van der Waals surface area contributed by atoms with E-state index in [0.717, 1.165) is 16.0 Å². The Kier molecular flexibility index (Phi) is 5.56. The zero-order valence-electron chi connectivity index (χ0n) is 12.0. The maximum absolute atomic E-state index is 10.3. The number of benzene rings is 1. The Balaban J connectivity index is 0.00000256. The normalized spacial score (nSPS) is 12.1. The molecule has 3 heteroatoms. The molecule has 0 unspecified atom stereocenters. The number of aromatic hydroxyl groups is 1. The number of phenolic OH excluding ortho intramolecular Hbond substituents is 1. The van der Waals surface area contributed by atoms with Gasteiger partial charge >= 0.3 is 29.6 Å². The summed E-state index contributed by atoms with van der Waals surface area (Å²) in [6.07, 6.45) is 0. The Morgan fingerprint density at radius 3 is 1.41 bits per heavy atom. The minimum Gasteiger partial charge on any atom is -0.780 e. The molecule has 0 bridgehead atoms. The van der Waals surface area contributed by atoms with Gasteiger partial charge in [0.05, 0.1) is 0 Å². The molecule has 0 aliphatic heterocycles. The Morgan fingerprint density at radius 1 is 0.882 bits per heavy atom. The van der Waals surface area contributed by atoms with Gasteiger partial charge in [-0.1, -0.05) is 53.7 Å². The summed E-state index contributed by atoms with van der Waals surface area (Å²) < 4.78 is 0. The van der Waals surface area contributed by atoms with Crippen molar-refractivity contribution < 1.29 is 34.7 Å². The summed E-state index contributed by atoms with van der Waals surface area (Å²) in [4.78, 5) is 0.799. The first-order chi connectivity index (χ1) is 7.03. The van der Waals surface area contributed by atoms with E-state index in [1.807, 2.05) is 12.1 Å². The van der Waals surface area contributed by atoms with Crippen LogP contribution >= 0.6 is 0 Å². The van der Waals surface area contributed by atoms with E-state index in [2.05, 4.69) is 41.5 Å². The van der Waals surface area contributed by atoms with Gasteiger partial charge in [-0.15, -0.1) is 0 Å². The Hall–Kier alpha value is 0.240. The van der Waals surface area contributed by atoms with E-state index in [4.69, 9.17) is 12.6 Å². The van der Waals surface area contributed by atoms with Crippen molar-refractivity contribution in [2.75, 3.05) is 0 Å². The molecule has 0 heterocycles. The van der Waals surface area contributed by atoms with E-state index in [9.17, 15) is 5.11 Å². The second kappa shape index (κ2) is 5.48. The van der Waals surface area contributed by atoms with E-state index in [-0.39, 0.29) is 40.4 Å². The Bertz CT molecular complexity index is 365. The van der Waals surface area contributed by atoms with Gasteiger partial charge in [-0.05, 0) is 22.0 Å². The average Bonchev–Trinajstić information content (AvgIpc) is 2.04. The predicted molar refractivity (Wildman–Crippen MR) is 71.1 cm³/mol. The predicted octanol–water partition coefficient (Wildman–Crippen LogP) is 0.897. The van der Waals surface area contributed by atoms with Gasteiger partial charge in [-0.3, -0.25) is 0 Å². The molecule has 1 N–H and O–H groups in total. The Morgan fingerprint density at radius 2 is 1.18 bits per heavy atom. The van der Waals surface area contributed by atoms with Crippen LogP contribution in [-0.4, -0.2) is 5.11 Å². The summed E-state index contributed by atoms with van der Waals surface area (Å²) >= 11 is 5.27. The quantitative estimate of drug-likeness (QED) is 0.552. The zero-order chi connectivity index (χ0) is 12.7. The van der Waals surface area contributed by atoms with Gasteiger partial charge in [0.2, 0.25) is 0 Å². The van der Waals surface area contributed by atoms with E-state index in [1.165, 1.54) is 0 Å². The van der Waals surface area contributed by atoms with Gasteiger partial charge in [0.15, 0.2) is 0 Å². The molecule has 1 aromatic rings. The Labute approximate surface area is 133 Å². The minimum absolute atomic E-state index is 0. The maximum atomic E-state index is 10.3. The van der Waals surface area contributed by atoms with Crippen LogP contribution < -0.4 is 29.6 Å². The van der Waals surface area contributed by atoms with Gasteiger partial charge in [-0.25, -0.2) is 0 Å². The van der Waals surface area contributed by atoms with Crippen molar-refractivity contribution in [2.24, 2.45) is 0 Å². The first-order valence-corrected chi connectivity index (χ1v) is 5.99. The van der Waals surface area contributed by atoms with E-state index in [1.54, 1.807) is 0 Å². The van der Waals surface area contributed by atoms with Crippen LogP contribution in [0.3, 0.4) is 0 Å². The molecule has 0 amide bonds. The summed E-state index contributed by atoms with van der Waals surface area (Å²) in [6.45, 7) is 12.5. The second-order valence-corrected chi connectivity index (χ2v) is 6.84. The van der Waals surface area contributed by atoms with Crippen molar-refractivity contribution >= 4 is 12.6 Å². The molecular weight excluding hydrogens is 239 g/mol. The molecule has 0 aliphatic carbocycles.